The first kappa shape index (κ1) is 12.5. The molecule has 1 aromatic heterocycles. The van der Waals surface area contributed by atoms with Gasteiger partial charge in [0.2, 0.25) is 0 Å². The van der Waals surface area contributed by atoms with E-state index in [1.165, 1.54) is 18.4 Å². The molecule has 1 atom stereocenters. The molecule has 0 aliphatic heterocycles. The lowest BCUT2D eigenvalue weighted by Crippen LogP contribution is -2.04. The van der Waals surface area contributed by atoms with Crippen molar-refractivity contribution in [2.24, 2.45) is 0 Å². The summed E-state index contributed by atoms with van der Waals surface area (Å²) in [6.45, 7) is 2.94. The predicted octanol–water partition coefficient (Wildman–Crippen LogP) is 3.48. The van der Waals surface area contributed by atoms with Crippen LogP contribution in [0.15, 0.2) is 12.3 Å². The van der Waals surface area contributed by atoms with Crippen molar-refractivity contribution in [1.29, 1.82) is 0 Å². The van der Waals surface area contributed by atoms with Crippen LogP contribution in [0.25, 0.3) is 5.57 Å². The van der Waals surface area contributed by atoms with Crippen LogP contribution in [0.5, 0.6) is 5.75 Å². The number of aryl methyl sites for hydroxylation is 1. The number of hydrogen-bond acceptors (Lipinski definition) is 2. The molecule has 0 aromatic carbocycles. The van der Waals surface area contributed by atoms with Gasteiger partial charge in [0.05, 0.1) is 18.7 Å². The van der Waals surface area contributed by atoms with Gasteiger partial charge in [-0.15, -0.1) is 11.6 Å². The van der Waals surface area contributed by atoms with Crippen molar-refractivity contribution in [1.82, 2.24) is 9.78 Å². The molecule has 0 saturated heterocycles. The summed E-state index contributed by atoms with van der Waals surface area (Å²) in [5.74, 6) is 0.851. The van der Waals surface area contributed by atoms with Crippen LogP contribution >= 0.6 is 11.6 Å². The Hall–Kier alpha value is -0.960. The van der Waals surface area contributed by atoms with Crippen molar-refractivity contribution >= 4 is 17.2 Å². The third kappa shape index (κ3) is 2.65. The first-order valence-corrected chi connectivity index (χ1v) is 6.64. The Bertz CT molecular complexity index is 390. The number of halogens is 1. The molecule has 4 heteroatoms. The highest BCUT2D eigenvalue weighted by molar-refractivity contribution is 6.22. The molecule has 0 bridgehead atoms. The van der Waals surface area contributed by atoms with Crippen LogP contribution in [0.3, 0.4) is 0 Å². The van der Waals surface area contributed by atoms with Crippen LogP contribution in [0, 0.1) is 0 Å². The summed E-state index contributed by atoms with van der Waals surface area (Å²) in [6, 6.07) is 0. The zero-order chi connectivity index (χ0) is 12.3. The molecule has 0 fully saturated rings. The van der Waals surface area contributed by atoms with Gasteiger partial charge in [-0.25, -0.2) is 0 Å². The van der Waals surface area contributed by atoms with E-state index in [-0.39, 0.29) is 5.38 Å². The smallest absolute Gasteiger partial charge is 0.164 e. The highest BCUT2D eigenvalue weighted by atomic mass is 35.5. The Kier molecular flexibility index (Phi) is 4.11. The van der Waals surface area contributed by atoms with E-state index >= 15 is 0 Å². The van der Waals surface area contributed by atoms with Gasteiger partial charge in [-0.2, -0.15) is 5.10 Å². The molecule has 1 aliphatic rings. The highest BCUT2D eigenvalue weighted by Gasteiger charge is 2.18. The summed E-state index contributed by atoms with van der Waals surface area (Å²) >= 11 is 6.28. The second-order valence-electron chi connectivity index (χ2n) is 4.33. The first-order valence-electron chi connectivity index (χ1n) is 6.21. The van der Waals surface area contributed by atoms with Crippen molar-refractivity contribution in [2.45, 2.75) is 44.5 Å². The number of methoxy groups -OCH3 is 1. The number of nitrogens with zero attached hydrogens (tertiary/aromatic N) is 2. The van der Waals surface area contributed by atoms with E-state index in [4.69, 9.17) is 16.3 Å². The van der Waals surface area contributed by atoms with E-state index in [2.05, 4.69) is 18.1 Å². The second kappa shape index (κ2) is 5.58. The number of allylic oxidation sites excluding steroid dienone is 2. The zero-order valence-corrected chi connectivity index (χ0v) is 11.2. The largest absolute Gasteiger partial charge is 0.493 e. The molecule has 0 spiro atoms. The lowest BCUT2D eigenvalue weighted by atomic mass is 10.1. The molecule has 1 aliphatic carbocycles. The number of ether oxygens (including phenoxy) is 1. The lowest BCUT2D eigenvalue weighted by molar-refractivity contribution is 0.412. The molecule has 0 radical (unpaired) electrons. The minimum atomic E-state index is 0.136. The van der Waals surface area contributed by atoms with Gasteiger partial charge in [-0.3, -0.25) is 4.68 Å². The monoisotopic (exact) mass is 254 g/mol. The molecule has 1 unspecified atom stereocenters. The summed E-state index contributed by atoms with van der Waals surface area (Å²) in [4.78, 5) is 0. The molecule has 2 rings (SSSR count). The molecule has 3 nitrogen and oxygen atoms in total. The van der Waals surface area contributed by atoms with Gasteiger partial charge in [-0.1, -0.05) is 12.5 Å². The Morgan fingerprint density at radius 2 is 2.35 bits per heavy atom. The molecule has 1 heterocycles. The Morgan fingerprint density at radius 3 is 3.06 bits per heavy atom. The Balaban J connectivity index is 2.39. The predicted molar refractivity (Wildman–Crippen MR) is 70.5 cm³/mol. The fraction of sp³-hybridized carbons (Fsp3) is 0.615. The van der Waals surface area contributed by atoms with Gasteiger partial charge in [0, 0.05) is 6.54 Å². The minimum Gasteiger partial charge on any atom is -0.493 e. The van der Waals surface area contributed by atoms with E-state index < -0.39 is 0 Å². The fourth-order valence-corrected chi connectivity index (χ4v) is 2.62. The topological polar surface area (TPSA) is 27.1 Å². The first-order chi connectivity index (χ1) is 8.26. The molecular formula is C13H19ClN2O. The maximum absolute atomic E-state index is 6.28. The van der Waals surface area contributed by atoms with Crippen LogP contribution in [0.1, 0.15) is 38.3 Å². The van der Waals surface area contributed by atoms with E-state index in [0.29, 0.717) is 0 Å². The van der Waals surface area contributed by atoms with Crippen molar-refractivity contribution in [3.05, 3.63) is 18.0 Å². The molecule has 94 valence electrons. The standard InChI is InChI=1S/C13H19ClN2O/c1-3-16-13(12(17-2)9-15-16)10-6-4-5-7-11(14)8-10/h8-9,11H,3-7H2,1-2H3. The Morgan fingerprint density at radius 1 is 1.53 bits per heavy atom. The van der Waals surface area contributed by atoms with Crippen molar-refractivity contribution in [3.8, 4) is 5.75 Å². The van der Waals surface area contributed by atoms with E-state index in [0.717, 1.165) is 30.8 Å². The van der Waals surface area contributed by atoms with Gasteiger partial charge in [0.15, 0.2) is 5.75 Å². The Labute approximate surface area is 107 Å². The second-order valence-corrected chi connectivity index (χ2v) is 4.89. The average Bonchev–Trinajstić information content (AvgIpc) is 2.64. The maximum atomic E-state index is 6.28. The summed E-state index contributed by atoms with van der Waals surface area (Å²) in [5, 5.41) is 4.48. The van der Waals surface area contributed by atoms with Gasteiger partial charge in [0.25, 0.3) is 0 Å². The van der Waals surface area contributed by atoms with Crippen LogP contribution in [-0.4, -0.2) is 22.3 Å². The fourth-order valence-electron chi connectivity index (χ4n) is 2.32. The van der Waals surface area contributed by atoms with Crippen molar-refractivity contribution in [2.75, 3.05) is 7.11 Å². The molecule has 0 amide bonds. The normalized spacial score (nSPS) is 20.9. The SMILES string of the molecule is CCn1ncc(OC)c1C1=CC(Cl)CCCC1. The van der Waals surface area contributed by atoms with Crippen LogP contribution in [0.4, 0.5) is 0 Å². The average molecular weight is 255 g/mol. The maximum Gasteiger partial charge on any atom is 0.164 e. The van der Waals surface area contributed by atoms with E-state index in [1.807, 2.05) is 4.68 Å². The third-order valence-electron chi connectivity index (χ3n) is 3.19. The number of rotatable bonds is 3. The molecular weight excluding hydrogens is 236 g/mol. The molecule has 17 heavy (non-hydrogen) atoms. The van der Waals surface area contributed by atoms with Crippen molar-refractivity contribution < 1.29 is 4.74 Å². The number of hydrogen-bond donors (Lipinski definition) is 0. The third-order valence-corrected chi connectivity index (χ3v) is 3.53. The number of aromatic nitrogens is 2. The van der Waals surface area contributed by atoms with Gasteiger partial charge >= 0.3 is 0 Å². The molecule has 1 aromatic rings. The van der Waals surface area contributed by atoms with E-state index in [9.17, 15) is 0 Å². The van der Waals surface area contributed by atoms with E-state index in [1.54, 1.807) is 13.3 Å². The van der Waals surface area contributed by atoms with Crippen LogP contribution in [-0.2, 0) is 6.54 Å². The van der Waals surface area contributed by atoms with Crippen LogP contribution < -0.4 is 4.74 Å². The van der Waals surface area contributed by atoms with Gasteiger partial charge < -0.3 is 4.74 Å². The summed E-state index contributed by atoms with van der Waals surface area (Å²) < 4.78 is 7.38. The molecule has 0 N–H and O–H groups in total. The molecule has 0 saturated carbocycles. The zero-order valence-electron chi connectivity index (χ0n) is 10.4. The summed E-state index contributed by atoms with van der Waals surface area (Å²) in [5.41, 5.74) is 2.38. The van der Waals surface area contributed by atoms with Crippen molar-refractivity contribution in [3.63, 3.8) is 0 Å². The lowest BCUT2D eigenvalue weighted by Gasteiger charge is -2.10. The quantitative estimate of drug-likeness (QED) is 0.773. The number of alkyl halides is 1. The highest BCUT2D eigenvalue weighted by Crippen LogP contribution is 2.33. The van der Waals surface area contributed by atoms with Gasteiger partial charge in [0.1, 0.15) is 5.69 Å². The van der Waals surface area contributed by atoms with Crippen LogP contribution in [0.2, 0.25) is 0 Å². The minimum absolute atomic E-state index is 0.136. The summed E-state index contributed by atoms with van der Waals surface area (Å²) in [7, 11) is 1.69. The summed E-state index contributed by atoms with van der Waals surface area (Å²) in [6.07, 6.45) is 8.46. The van der Waals surface area contributed by atoms with Gasteiger partial charge in [-0.05, 0) is 31.8 Å².